The average Bonchev–Trinajstić information content (AvgIpc) is 2.94. The summed E-state index contributed by atoms with van der Waals surface area (Å²) in [7, 11) is -9.81. The van der Waals surface area contributed by atoms with Crippen LogP contribution in [0.3, 0.4) is 0 Å². The second-order valence-corrected chi connectivity index (χ2v) is 18.0. The number of primary sulfonamides is 1. The Bertz CT molecular complexity index is 902. The monoisotopic (exact) mass is 456 g/mol. The lowest BCUT2D eigenvalue weighted by atomic mass is 10.2. The van der Waals surface area contributed by atoms with E-state index >= 15 is 0 Å². The molecule has 0 fully saturated rings. The average molecular weight is 457 g/mol. The molecule has 1 aliphatic heterocycles. The van der Waals surface area contributed by atoms with E-state index in [4.69, 9.17) is 9.56 Å². The van der Waals surface area contributed by atoms with Crippen molar-refractivity contribution in [2.45, 2.75) is 59.8 Å². The van der Waals surface area contributed by atoms with Crippen molar-refractivity contribution < 1.29 is 26.4 Å². The van der Waals surface area contributed by atoms with Crippen molar-refractivity contribution in [1.29, 1.82) is 0 Å². The Morgan fingerprint density at radius 2 is 2.00 bits per heavy atom. The zero-order chi connectivity index (χ0) is 20.8. The van der Waals surface area contributed by atoms with Crippen LogP contribution < -0.4 is 5.14 Å². The minimum absolute atomic E-state index is 0.0659. The van der Waals surface area contributed by atoms with Crippen molar-refractivity contribution in [2.75, 3.05) is 19.7 Å². The van der Waals surface area contributed by atoms with E-state index < -0.39 is 34.5 Å². The number of aliphatic hydroxyl groups is 1. The standard InChI is InChI=1S/C15H28N2O6S3Si/c1-15(2,3)27(4,5)23-8-6-7-17-10-12(18)11-9-13(25(16,19)20)24-14(11)26(17,21)22/h9,12,18H,6-8,10H2,1-5H3,(H2,16,19,20). The van der Waals surface area contributed by atoms with Gasteiger partial charge in [-0.2, -0.15) is 4.31 Å². The fourth-order valence-electron chi connectivity index (χ4n) is 2.44. The fraction of sp³-hybridized carbons (Fsp3) is 0.733. The van der Waals surface area contributed by atoms with Crippen LogP contribution >= 0.6 is 11.3 Å². The summed E-state index contributed by atoms with van der Waals surface area (Å²) in [5, 5.41) is 15.4. The number of sulfonamides is 2. The first kappa shape index (κ1) is 22.9. The normalized spacial score (nSPS) is 21.2. The molecule has 8 nitrogen and oxygen atoms in total. The lowest BCUT2D eigenvalue weighted by Gasteiger charge is -2.36. The molecule has 0 amide bonds. The molecule has 0 saturated heterocycles. The van der Waals surface area contributed by atoms with Crippen molar-refractivity contribution in [2.24, 2.45) is 5.14 Å². The van der Waals surface area contributed by atoms with Gasteiger partial charge in [0, 0.05) is 25.3 Å². The number of nitrogens with zero attached hydrogens (tertiary/aromatic N) is 1. The molecule has 3 N–H and O–H groups in total. The first-order chi connectivity index (χ1) is 12.1. The summed E-state index contributed by atoms with van der Waals surface area (Å²) in [6, 6.07) is 1.15. The Balaban J connectivity index is 2.12. The largest absolute Gasteiger partial charge is 0.417 e. The zero-order valence-corrected chi connectivity index (χ0v) is 19.7. The lowest BCUT2D eigenvalue weighted by molar-refractivity contribution is 0.136. The van der Waals surface area contributed by atoms with Crippen LogP contribution in [0.1, 0.15) is 38.9 Å². The number of β-amino-alcohol motifs (C(OH)–C–C–N with tert-alkyl or cyclic N) is 1. The van der Waals surface area contributed by atoms with E-state index in [2.05, 4.69) is 33.9 Å². The van der Waals surface area contributed by atoms with Crippen LogP contribution in [0, 0.1) is 0 Å². The van der Waals surface area contributed by atoms with E-state index in [9.17, 15) is 21.9 Å². The Morgan fingerprint density at radius 3 is 2.52 bits per heavy atom. The highest BCUT2D eigenvalue weighted by Gasteiger charge is 2.40. The summed E-state index contributed by atoms with van der Waals surface area (Å²) in [6.07, 6.45) is -0.599. The second kappa shape index (κ2) is 7.48. The summed E-state index contributed by atoms with van der Waals surface area (Å²) in [5.74, 6) is 0. The van der Waals surface area contributed by atoms with E-state index in [0.29, 0.717) is 24.4 Å². The second-order valence-electron chi connectivity index (χ2n) is 8.19. The molecule has 1 atom stereocenters. The molecule has 0 aliphatic carbocycles. The van der Waals surface area contributed by atoms with Gasteiger partial charge >= 0.3 is 0 Å². The highest BCUT2D eigenvalue weighted by molar-refractivity contribution is 7.94. The first-order valence-corrected chi connectivity index (χ1v) is 15.3. The maximum absolute atomic E-state index is 12.8. The molecule has 27 heavy (non-hydrogen) atoms. The van der Waals surface area contributed by atoms with Gasteiger partial charge in [0.1, 0.15) is 8.42 Å². The SMILES string of the molecule is CC(C)(C)[Si](C)(C)OCCCN1CC(O)c2cc(S(N)(=O)=O)sc2S1(=O)=O. The minimum Gasteiger partial charge on any atom is -0.417 e. The summed E-state index contributed by atoms with van der Waals surface area (Å²) < 4.78 is 55.5. The van der Waals surface area contributed by atoms with Gasteiger partial charge in [-0.3, -0.25) is 0 Å². The Kier molecular flexibility index (Phi) is 6.36. The molecular formula is C15H28N2O6S3Si. The third-order valence-electron chi connectivity index (χ3n) is 5.11. The number of aliphatic hydroxyl groups excluding tert-OH is 1. The maximum Gasteiger partial charge on any atom is 0.253 e. The van der Waals surface area contributed by atoms with Crippen LogP contribution in [0.4, 0.5) is 0 Å². The maximum atomic E-state index is 12.8. The zero-order valence-electron chi connectivity index (χ0n) is 16.2. The number of thiophene rings is 1. The van der Waals surface area contributed by atoms with E-state index in [1.54, 1.807) is 0 Å². The Labute approximate surface area is 166 Å². The molecule has 1 unspecified atom stereocenters. The predicted molar refractivity (Wildman–Crippen MR) is 107 cm³/mol. The Morgan fingerprint density at radius 1 is 1.41 bits per heavy atom. The van der Waals surface area contributed by atoms with Gasteiger partial charge in [0.05, 0.1) is 6.10 Å². The van der Waals surface area contributed by atoms with Gasteiger partial charge in [0.2, 0.25) is 10.0 Å². The molecule has 0 aromatic carbocycles. The van der Waals surface area contributed by atoms with E-state index in [1.807, 2.05) is 0 Å². The fourth-order valence-corrected chi connectivity index (χ4v) is 7.82. The third kappa shape index (κ3) is 4.81. The highest BCUT2D eigenvalue weighted by Crippen LogP contribution is 2.40. The molecule has 1 aromatic heterocycles. The van der Waals surface area contributed by atoms with E-state index in [0.717, 1.165) is 6.07 Å². The molecule has 2 heterocycles. The van der Waals surface area contributed by atoms with Gasteiger partial charge < -0.3 is 9.53 Å². The number of nitrogens with two attached hydrogens (primary N) is 1. The lowest BCUT2D eigenvalue weighted by Crippen LogP contribution is -2.42. The van der Waals surface area contributed by atoms with Gasteiger partial charge in [0.15, 0.2) is 8.32 Å². The van der Waals surface area contributed by atoms with Crippen molar-refractivity contribution >= 4 is 39.7 Å². The molecule has 12 heteroatoms. The number of hydrogen-bond donors (Lipinski definition) is 2. The van der Waals surface area contributed by atoms with Gasteiger partial charge in [0.25, 0.3) is 10.0 Å². The Hall–Kier alpha value is -0.343. The molecule has 2 rings (SSSR count). The molecule has 1 aromatic rings. The summed E-state index contributed by atoms with van der Waals surface area (Å²) in [4.78, 5) is 0. The van der Waals surface area contributed by atoms with Gasteiger partial charge in [-0.25, -0.2) is 22.0 Å². The molecular weight excluding hydrogens is 428 g/mol. The van der Waals surface area contributed by atoms with Crippen LogP contribution in [0.5, 0.6) is 0 Å². The minimum atomic E-state index is -4.03. The molecule has 0 saturated carbocycles. The van der Waals surface area contributed by atoms with Crippen LogP contribution in [-0.4, -0.2) is 54.3 Å². The molecule has 0 spiro atoms. The molecule has 156 valence electrons. The summed E-state index contributed by atoms with van der Waals surface area (Å²) in [6.45, 7) is 11.1. The van der Waals surface area contributed by atoms with Crippen LogP contribution in [0.2, 0.25) is 18.1 Å². The quantitative estimate of drug-likeness (QED) is 0.497. The van der Waals surface area contributed by atoms with Crippen LogP contribution in [0.15, 0.2) is 14.5 Å². The number of rotatable bonds is 6. The van der Waals surface area contributed by atoms with E-state index in [-0.39, 0.29) is 32.1 Å². The predicted octanol–water partition coefficient (Wildman–Crippen LogP) is 1.85. The highest BCUT2D eigenvalue weighted by atomic mass is 32.3. The number of hydrogen-bond acceptors (Lipinski definition) is 7. The van der Waals surface area contributed by atoms with E-state index in [1.165, 1.54) is 4.31 Å². The molecule has 0 bridgehead atoms. The van der Waals surface area contributed by atoms with Gasteiger partial charge in [-0.05, 0) is 30.6 Å². The third-order valence-corrected chi connectivity index (χ3v) is 14.6. The van der Waals surface area contributed by atoms with Crippen molar-refractivity contribution in [1.82, 2.24) is 4.31 Å². The first-order valence-electron chi connectivity index (χ1n) is 8.56. The summed E-state index contributed by atoms with van der Waals surface area (Å²) in [5.41, 5.74) is 0.0952. The molecule has 0 radical (unpaired) electrons. The van der Waals surface area contributed by atoms with Gasteiger partial charge in [-0.1, -0.05) is 20.8 Å². The number of fused-ring (bicyclic) bond motifs is 1. The topological polar surface area (TPSA) is 127 Å². The van der Waals surface area contributed by atoms with Crippen molar-refractivity contribution in [3.63, 3.8) is 0 Å². The van der Waals surface area contributed by atoms with Crippen molar-refractivity contribution in [3.05, 3.63) is 11.6 Å². The smallest absolute Gasteiger partial charge is 0.253 e. The van der Waals surface area contributed by atoms with Gasteiger partial charge in [-0.15, -0.1) is 11.3 Å². The van der Waals surface area contributed by atoms with Crippen molar-refractivity contribution in [3.8, 4) is 0 Å². The summed E-state index contributed by atoms with van der Waals surface area (Å²) >= 11 is 0.577. The van der Waals surface area contributed by atoms with Crippen LogP contribution in [0.25, 0.3) is 0 Å². The molecule has 1 aliphatic rings. The van der Waals surface area contributed by atoms with Crippen LogP contribution in [-0.2, 0) is 24.5 Å².